The van der Waals surface area contributed by atoms with Crippen LogP contribution < -0.4 is 4.90 Å². The maximum absolute atomic E-state index is 13.3. The summed E-state index contributed by atoms with van der Waals surface area (Å²) in [5.41, 5.74) is 2.44. The first-order chi connectivity index (χ1) is 17.6. The summed E-state index contributed by atoms with van der Waals surface area (Å²) in [5, 5.41) is 9.69. The summed E-state index contributed by atoms with van der Waals surface area (Å²) in [4.78, 5) is 55.3. The summed E-state index contributed by atoms with van der Waals surface area (Å²) in [5.74, 6) is -2.02. The summed E-state index contributed by atoms with van der Waals surface area (Å²) in [6, 6.07) is 7.13. The molecule has 0 spiro atoms. The number of nitrogens with zero attached hydrogens (tertiary/aromatic N) is 3. The molecular weight excluding hydrogens is 474 g/mol. The molecule has 1 aromatic carbocycles. The molecule has 9 heteroatoms. The fourth-order valence-corrected chi connectivity index (χ4v) is 4.55. The third kappa shape index (κ3) is 5.51. The van der Waals surface area contributed by atoms with E-state index in [1.807, 2.05) is 49.9 Å². The van der Waals surface area contributed by atoms with E-state index in [9.17, 15) is 24.3 Å². The van der Waals surface area contributed by atoms with E-state index in [2.05, 4.69) is 6.58 Å². The summed E-state index contributed by atoms with van der Waals surface area (Å²) >= 11 is 0. The molecule has 37 heavy (non-hydrogen) atoms. The zero-order chi connectivity index (χ0) is 27.3. The molecule has 1 fully saturated rings. The van der Waals surface area contributed by atoms with Crippen LogP contribution in [0.4, 0.5) is 10.5 Å². The lowest BCUT2D eigenvalue weighted by atomic mass is 9.83. The number of aliphatic hydroxyl groups is 1. The maximum Gasteiger partial charge on any atom is 0.334 e. The average Bonchev–Trinajstić information content (AvgIpc) is 3.07. The van der Waals surface area contributed by atoms with Gasteiger partial charge in [0.1, 0.15) is 12.2 Å². The van der Waals surface area contributed by atoms with E-state index in [1.54, 1.807) is 6.08 Å². The molecule has 0 unspecified atom stereocenters. The smallest absolute Gasteiger partial charge is 0.334 e. The van der Waals surface area contributed by atoms with Crippen LogP contribution >= 0.6 is 0 Å². The number of para-hydroxylation sites is 1. The minimum Gasteiger partial charge on any atom is -0.460 e. The predicted octanol–water partition coefficient (Wildman–Crippen LogP) is 3.30. The third-order valence-electron chi connectivity index (χ3n) is 6.58. The Labute approximate surface area is 217 Å². The first-order valence-corrected chi connectivity index (χ1v) is 12.5. The minimum atomic E-state index is -0.743. The molecule has 0 aliphatic carbocycles. The highest BCUT2D eigenvalue weighted by Gasteiger charge is 2.42. The number of anilines is 1. The van der Waals surface area contributed by atoms with Crippen molar-refractivity contribution in [3.63, 3.8) is 0 Å². The van der Waals surface area contributed by atoms with Gasteiger partial charge in [-0.2, -0.15) is 0 Å². The van der Waals surface area contributed by atoms with Gasteiger partial charge in [0.25, 0.3) is 11.8 Å². The number of β-amino-alcohol motifs (C(OH)–C–C–N with tert-alkyl or cyclic N) is 1. The minimum absolute atomic E-state index is 0.0772. The number of hydrogen-bond acceptors (Lipinski definition) is 7. The molecule has 2 aliphatic heterocycles. The van der Waals surface area contributed by atoms with Crippen molar-refractivity contribution in [1.29, 1.82) is 0 Å². The lowest BCUT2D eigenvalue weighted by Crippen LogP contribution is -2.57. The van der Waals surface area contributed by atoms with Crippen molar-refractivity contribution in [2.24, 2.45) is 0 Å². The van der Waals surface area contributed by atoms with Crippen LogP contribution in [0.5, 0.6) is 0 Å². The highest BCUT2D eigenvalue weighted by Crippen LogP contribution is 2.47. The Morgan fingerprint density at radius 3 is 2.30 bits per heavy atom. The van der Waals surface area contributed by atoms with Gasteiger partial charge in [0.15, 0.2) is 0 Å². The monoisotopic (exact) mass is 509 g/mol. The van der Waals surface area contributed by atoms with E-state index in [0.29, 0.717) is 13.0 Å². The number of esters is 1. The summed E-state index contributed by atoms with van der Waals surface area (Å²) in [6.07, 6.45) is 4.52. The molecule has 1 N–H and O–H groups in total. The number of allylic oxidation sites excluding steroid dienone is 3. The first-order valence-electron chi connectivity index (χ1n) is 12.5. The van der Waals surface area contributed by atoms with Gasteiger partial charge in [0, 0.05) is 35.5 Å². The van der Waals surface area contributed by atoms with Crippen molar-refractivity contribution in [3.8, 4) is 0 Å². The molecule has 4 amide bonds. The van der Waals surface area contributed by atoms with Crippen molar-refractivity contribution < 1.29 is 29.0 Å². The molecule has 1 saturated heterocycles. The second-order valence-corrected chi connectivity index (χ2v) is 9.62. The van der Waals surface area contributed by atoms with Crippen LogP contribution in [0.2, 0.25) is 0 Å². The Kier molecular flexibility index (Phi) is 8.70. The largest absolute Gasteiger partial charge is 0.460 e. The Morgan fingerprint density at radius 1 is 1.03 bits per heavy atom. The van der Waals surface area contributed by atoms with Crippen molar-refractivity contribution >= 4 is 29.5 Å². The molecular formula is C28H35N3O6. The van der Waals surface area contributed by atoms with Crippen LogP contribution in [0.3, 0.4) is 0 Å². The zero-order valence-electron chi connectivity index (χ0n) is 22.0. The number of hydrogen-bond donors (Lipinski definition) is 1. The number of benzene rings is 1. The van der Waals surface area contributed by atoms with Crippen molar-refractivity contribution in [1.82, 2.24) is 9.80 Å². The van der Waals surface area contributed by atoms with E-state index < -0.39 is 29.2 Å². The highest BCUT2D eigenvalue weighted by molar-refractivity contribution is 6.28. The van der Waals surface area contributed by atoms with E-state index in [4.69, 9.17) is 4.74 Å². The third-order valence-corrected chi connectivity index (χ3v) is 6.58. The Balaban J connectivity index is 1.98. The van der Waals surface area contributed by atoms with Crippen LogP contribution in [-0.4, -0.2) is 71.6 Å². The van der Waals surface area contributed by atoms with Crippen LogP contribution in [-0.2, 0) is 24.5 Å². The van der Waals surface area contributed by atoms with Gasteiger partial charge < -0.3 is 14.7 Å². The number of fused-ring (bicyclic) bond motifs is 1. The second kappa shape index (κ2) is 11.6. The molecule has 0 radical (unpaired) electrons. The van der Waals surface area contributed by atoms with Crippen LogP contribution in [0.15, 0.2) is 59.8 Å². The quantitative estimate of drug-likeness (QED) is 0.293. The van der Waals surface area contributed by atoms with Gasteiger partial charge in [0.05, 0.1) is 13.2 Å². The first kappa shape index (κ1) is 27.9. The number of aliphatic hydroxyl groups excluding tert-OH is 1. The normalized spacial score (nSPS) is 19.2. The SMILES string of the molecule is C=C(C)C(=O)OCCN1C(=O)/C(=C/C=C2/N(CCO)c3ccccc3C2(C)C)C(=O)N(CCCC)C1=O. The van der Waals surface area contributed by atoms with E-state index >= 15 is 0 Å². The second-order valence-electron chi connectivity index (χ2n) is 9.62. The van der Waals surface area contributed by atoms with E-state index in [1.165, 1.54) is 13.0 Å². The Hall–Kier alpha value is -3.72. The van der Waals surface area contributed by atoms with Crippen LogP contribution in [0, 0.1) is 0 Å². The lowest BCUT2D eigenvalue weighted by molar-refractivity contribution is -0.142. The van der Waals surface area contributed by atoms with Crippen LogP contribution in [0.25, 0.3) is 0 Å². The highest BCUT2D eigenvalue weighted by atomic mass is 16.5. The molecule has 0 bridgehead atoms. The number of rotatable bonds is 10. The van der Waals surface area contributed by atoms with Gasteiger partial charge in [-0.3, -0.25) is 19.4 Å². The van der Waals surface area contributed by atoms with Crippen molar-refractivity contribution in [2.45, 2.75) is 46.0 Å². The fraction of sp³-hybridized carbons (Fsp3) is 0.429. The number of ether oxygens (including phenoxy) is 1. The molecule has 2 heterocycles. The summed E-state index contributed by atoms with van der Waals surface area (Å²) in [7, 11) is 0. The topological polar surface area (TPSA) is 107 Å². The van der Waals surface area contributed by atoms with Crippen LogP contribution in [0.1, 0.15) is 46.1 Å². The van der Waals surface area contributed by atoms with Gasteiger partial charge in [-0.15, -0.1) is 0 Å². The van der Waals surface area contributed by atoms with Crippen molar-refractivity contribution in [3.05, 3.63) is 65.4 Å². The zero-order valence-corrected chi connectivity index (χ0v) is 22.0. The molecule has 198 valence electrons. The summed E-state index contributed by atoms with van der Waals surface area (Å²) < 4.78 is 5.08. The number of unbranched alkanes of at least 4 members (excludes halogenated alkanes) is 1. The number of amides is 4. The molecule has 1 aromatic rings. The Bertz CT molecular complexity index is 1170. The standard InChI is InChI=1S/C28H35N3O6/c1-6-7-14-30-24(33)20(25(34)31(27(30)36)16-18-37-26(35)19(2)3)12-13-23-28(4,5)21-10-8-9-11-22(21)29(23)15-17-32/h8-13,32H,2,6-7,14-18H2,1,3-5H3/b20-12+,23-13+. The molecule has 3 rings (SSSR count). The van der Waals surface area contributed by atoms with Gasteiger partial charge in [-0.05, 0) is 37.1 Å². The lowest BCUT2D eigenvalue weighted by Gasteiger charge is -2.34. The van der Waals surface area contributed by atoms with E-state index in [0.717, 1.165) is 33.2 Å². The number of carbonyl (C=O) groups excluding carboxylic acids is 4. The van der Waals surface area contributed by atoms with Gasteiger partial charge in [0.2, 0.25) is 0 Å². The van der Waals surface area contributed by atoms with Gasteiger partial charge in [-0.1, -0.05) is 52.0 Å². The van der Waals surface area contributed by atoms with Gasteiger partial charge >= 0.3 is 12.0 Å². The Morgan fingerprint density at radius 2 is 1.68 bits per heavy atom. The molecule has 0 aromatic heterocycles. The number of imide groups is 2. The predicted molar refractivity (Wildman–Crippen MR) is 140 cm³/mol. The van der Waals surface area contributed by atoms with Gasteiger partial charge in [-0.25, -0.2) is 9.59 Å². The summed E-state index contributed by atoms with van der Waals surface area (Å²) in [6.45, 7) is 11.1. The molecule has 0 atom stereocenters. The molecule has 9 nitrogen and oxygen atoms in total. The van der Waals surface area contributed by atoms with Crippen molar-refractivity contribution in [2.75, 3.05) is 37.7 Å². The number of carbonyl (C=O) groups is 4. The number of urea groups is 1. The maximum atomic E-state index is 13.3. The van der Waals surface area contributed by atoms with E-state index in [-0.39, 0.29) is 37.4 Å². The average molecular weight is 510 g/mol. The molecule has 2 aliphatic rings. The molecule has 0 saturated carbocycles. The number of barbiturate groups is 1. The fourth-order valence-electron chi connectivity index (χ4n) is 4.55.